The molecule has 2 aliphatic heterocycles. The highest BCUT2D eigenvalue weighted by atomic mass is 32.2. The lowest BCUT2D eigenvalue weighted by molar-refractivity contribution is -0.125. The first kappa shape index (κ1) is 8.17. The van der Waals surface area contributed by atoms with Gasteiger partial charge in [0.25, 0.3) is 0 Å². The van der Waals surface area contributed by atoms with E-state index >= 15 is 0 Å². The van der Waals surface area contributed by atoms with Crippen LogP contribution in [0.2, 0.25) is 0 Å². The summed E-state index contributed by atoms with van der Waals surface area (Å²) >= 11 is 2.02. The van der Waals surface area contributed by atoms with E-state index in [0.29, 0.717) is 0 Å². The van der Waals surface area contributed by atoms with E-state index in [-0.39, 0.29) is 5.91 Å². The van der Waals surface area contributed by atoms with Crippen LogP contribution in [-0.2, 0) is 4.79 Å². The van der Waals surface area contributed by atoms with E-state index in [1.807, 2.05) is 16.7 Å². The van der Waals surface area contributed by atoms with Gasteiger partial charge in [0, 0.05) is 13.1 Å². The third-order valence-electron chi connectivity index (χ3n) is 2.73. The number of thioether (sulfide) groups is 1. The van der Waals surface area contributed by atoms with Crippen molar-refractivity contribution in [2.45, 2.75) is 0 Å². The van der Waals surface area contributed by atoms with Crippen molar-refractivity contribution >= 4 is 17.7 Å². The standard InChI is InChI=1S/C9H13NOS/c1-2-9(11)10-3-7-5-12-6-8(7)4-10/h2,7-8H,1,3-6H2/t7-,8+. The summed E-state index contributed by atoms with van der Waals surface area (Å²) in [7, 11) is 0. The number of carbonyl (C=O) groups is 1. The van der Waals surface area contributed by atoms with Crippen molar-refractivity contribution in [3.63, 3.8) is 0 Å². The molecule has 0 unspecified atom stereocenters. The van der Waals surface area contributed by atoms with Gasteiger partial charge in [0.05, 0.1) is 0 Å². The fraction of sp³-hybridized carbons (Fsp3) is 0.667. The van der Waals surface area contributed by atoms with Gasteiger partial charge in [-0.2, -0.15) is 11.8 Å². The maximum Gasteiger partial charge on any atom is 0.245 e. The zero-order valence-corrected chi connectivity index (χ0v) is 7.85. The highest BCUT2D eigenvalue weighted by Crippen LogP contribution is 2.35. The molecule has 0 aromatic rings. The molecule has 0 saturated carbocycles. The normalized spacial score (nSPS) is 33.5. The molecule has 0 N–H and O–H groups in total. The second-order valence-electron chi connectivity index (χ2n) is 3.50. The zero-order chi connectivity index (χ0) is 8.55. The van der Waals surface area contributed by atoms with Crippen molar-refractivity contribution in [1.82, 2.24) is 4.90 Å². The SMILES string of the molecule is C=CC(=O)N1C[C@H]2CSC[C@H]2C1. The zero-order valence-electron chi connectivity index (χ0n) is 7.03. The monoisotopic (exact) mass is 183 g/mol. The number of nitrogens with zero attached hydrogens (tertiary/aromatic N) is 1. The third kappa shape index (κ3) is 1.26. The Hall–Kier alpha value is -0.440. The molecule has 1 amide bonds. The van der Waals surface area contributed by atoms with Gasteiger partial charge in [0.1, 0.15) is 0 Å². The van der Waals surface area contributed by atoms with Crippen LogP contribution >= 0.6 is 11.8 Å². The van der Waals surface area contributed by atoms with Crippen molar-refractivity contribution in [3.8, 4) is 0 Å². The fourth-order valence-electron chi connectivity index (χ4n) is 2.00. The Morgan fingerprint density at radius 1 is 1.42 bits per heavy atom. The number of hydrogen-bond donors (Lipinski definition) is 0. The third-order valence-corrected chi connectivity index (χ3v) is 4.05. The summed E-state index contributed by atoms with van der Waals surface area (Å²) in [6.45, 7) is 5.42. The van der Waals surface area contributed by atoms with Gasteiger partial charge in [0.2, 0.25) is 5.91 Å². The Bertz CT molecular complexity index is 205. The lowest BCUT2D eigenvalue weighted by Gasteiger charge is -2.14. The van der Waals surface area contributed by atoms with Gasteiger partial charge in [-0.1, -0.05) is 6.58 Å². The Morgan fingerprint density at radius 2 is 2.00 bits per heavy atom. The highest BCUT2D eigenvalue weighted by Gasteiger charge is 2.37. The number of amides is 1. The molecule has 0 bridgehead atoms. The second-order valence-corrected chi connectivity index (χ2v) is 4.58. The lowest BCUT2D eigenvalue weighted by Crippen LogP contribution is -2.27. The van der Waals surface area contributed by atoms with Gasteiger partial charge < -0.3 is 4.90 Å². The molecule has 0 spiro atoms. The Balaban J connectivity index is 1.98. The number of fused-ring (bicyclic) bond motifs is 1. The average molecular weight is 183 g/mol. The molecule has 2 nitrogen and oxygen atoms in total. The van der Waals surface area contributed by atoms with Gasteiger partial charge in [-0.25, -0.2) is 0 Å². The molecule has 0 aromatic heterocycles. The van der Waals surface area contributed by atoms with E-state index in [1.54, 1.807) is 0 Å². The summed E-state index contributed by atoms with van der Waals surface area (Å²) in [5.74, 6) is 4.11. The molecule has 12 heavy (non-hydrogen) atoms. The van der Waals surface area contributed by atoms with Crippen LogP contribution in [0, 0.1) is 11.8 Å². The molecule has 2 saturated heterocycles. The van der Waals surface area contributed by atoms with Gasteiger partial charge in [-0.15, -0.1) is 0 Å². The Labute approximate surface area is 77.0 Å². The minimum atomic E-state index is 0.106. The number of rotatable bonds is 1. The fourth-order valence-corrected chi connectivity index (χ4v) is 3.49. The van der Waals surface area contributed by atoms with E-state index in [2.05, 4.69) is 6.58 Å². The molecular weight excluding hydrogens is 170 g/mol. The maximum atomic E-state index is 11.2. The minimum absolute atomic E-state index is 0.106. The number of likely N-dealkylation sites (tertiary alicyclic amines) is 1. The van der Waals surface area contributed by atoms with Crippen LogP contribution in [0.4, 0.5) is 0 Å². The molecule has 2 aliphatic rings. The summed E-state index contributed by atoms with van der Waals surface area (Å²) < 4.78 is 0. The largest absolute Gasteiger partial charge is 0.339 e. The molecule has 2 atom stereocenters. The maximum absolute atomic E-state index is 11.2. The van der Waals surface area contributed by atoms with E-state index in [4.69, 9.17) is 0 Å². The van der Waals surface area contributed by atoms with Crippen LogP contribution in [0.5, 0.6) is 0 Å². The summed E-state index contributed by atoms with van der Waals surface area (Å²) in [6.07, 6.45) is 1.42. The quantitative estimate of drug-likeness (QED) is 0.565. The topological polar surface area (TPSA) is 20.3 Å². The number of hydrogen-bond acceptors (Lipinski definition) is 2. The molecule has 0 aromatic carbocycles. The van der Waals surface area contributed by atoms with Crippen molar-refractivity contribution in [1.29, 1.82) is 0 Å². The van der Waals surface area contributed by atoms with Gasteiger partial charge in [0.15, 0.2) is 0 Å². The molecule has 2 heterocycles. The highest BCUT2D eigenvalue weighted by molar-refractivity contribution is 7.99. The summed E-state index contributed by atoms with van der Waals surface area (Å²) in [5, 5.41) is 0. The first-order valence-electron chi connectivity index (χ1n) is 4.30. The predicted octanol–water partition coefficient (Wildman–Crippen LogP) is 0.994. The van der Waals surface area contributed by atoms with Crippen LogP contribution in [-0.4, -0.2) is 35.4 Å². The van der Waals surface area contributed by atoms with Crippen LogP contribution in [0.25, 0.3) is 0 Å². The van der Waals surface area contributed by atoms with E-state index < -0.39 is 0 Å². The Kier molecular flexibility index (Phi) is 2.13. The number of carbonyl (C=O) groups excluding carboxylic acids is 1. The summed E-state index contributed by atoms with van der Waals surface area (Å²) in [5.41, 5.74) is 0. The van der Waals surface area contributed by atoms with Gasteiger partial charge in [-0.05, 0) is 29.4 Å². The van der Waals surface area contributed by atoms with Crippen LogP contribution in [0.15, 0.2) is 12.7 Å². The molecule has 3 heteroatoms. The Morgan fingerprint density at radius 3 is 2.50 bits per heavy atom. The van der Waals surface area contributed by atoms with Crippen molar-refractivity contribution in [2.75, 3.05) is 24.6 Å². The van der Waals surface area contributed by atoms with E-state index in [1.165, 1.54) is 17.6 Å². The molecule has 2 rings (SSSR count). The van der Waals surface area contributed by atoms with E-state index in [0.717, 1.165) is 24.9 Å². The second kappa shape index (κ2) is 3.13. The smallest absolute Gasteiger partial charge is 0.245 e. The van der Waals surface area contributed by atoms with E-state index in [9.17, 15) is 4.79 Å². The summed E-state index contributed by atoms with van der Waals surface area (Å²) in [6, 6.07) is 0. The molecule has 0 radical (unpaired) electrons. The molecule has 0 aliphatic carbocycles. The van der Waals surface area contributed by atoms with Crippen LogP contribution in [0.3, 0.4) is 0 Å². The van der Waals surface area contributed by atoms with Crippen molar-refractivity contribution in [2.24, 2.45) is 11.8 Å². The molecule has 66 valence electrons. The lowest BCUT2D eigenvalue weighted by atomic mass is 10.0. The average Bonchev–Trinajstić information content (AvgIpc) is 2.60. The van der Waals surface area contributed by atoms with Gasteiger partial charge >= 0.3 is 0 Å². The molecule has 2 fully saturated rings. The van der Waals surface area contributed by atoms with Crippen molar-refractivity contribution < 1.29 is 4.79 Å². The summed E-state index contributed by atoms with van der Waals surface area (Å²) in [4.78, 5) is 13.2. The predicted molar refractivity (Wildman–Crippen MR) is 51.1 cm³/mol. The molecular formula is C9H13NOS. The van der Waals surface area contributed by atoms with Crippen LogP contribution in [0.1, 0.15) is 0 Å². The van der Waals surface area contributed by atoms with Gasteiger partial charge in [-0.3, -0.25) is 4.79 Å². The van der Waals surface area contributed by atoms with Crippen molar-refractivity contribution in [3.05, 3.63) is 12.7 Å². The minimum Gasteiger partial charge on any atom is -0.339 e. The van der Waals surface area contributed by atoms with Crippen LogP contribution < -0.4 is 0 Å². The first-order valence-corrected chi connectivity index (χ1v) is 5.46. The first-order chi connectivity index (χ1) is 5.81.